The molecule has 2 fully saturated rings. The normalized spacial score (nSPS) is 25.3. The van der Waals surface area contributed by atoms with Crippen molar-refractivity contribution >= 4 is 6.03 Å². The molecule has 2 aromatic rings. The van der Waals surface area contributed by atoms with Crippen LogP contribution >= 0.6 is 0 Å². The van der Waals surface area contributed by atoms with Crippen molar-refractivity contribution in [1.29, 1.82) is 0 Å². The smallest absolute Gasteiger partial charge is 0.318 e. The molecule has 4 atom stereocenters. The molecule has 3 aliphatic heterocycles. The molecule has 0 unspecified atom stereocenters. The summed E-state index contributed by atoms with van der Waals surface area (Å²) in [5, 5.41) is 3.26. The molecule has 0 aromatic heterocycles. The number of amides is 2. The van der Waals surface area contributed by atoms with Gasteiger partial charge in [0.1, 0.15) is 11.5 Å². The SMILES string of the molecule is COc1ccc(OC)c2c1CCN1C[C@H]3CCCN(C(=O)N[C@H](C)c4ccccc4)[C@H]3C[C@@H]21. The summed E-state index contributed by atoms with van der Waals surface area (Å²) < 4.78 is 11.5. The number of nitrogens with one attached hydrogen (secondary N) is 1. The van der Waals surface area contributed by atoms with Gasteiger partial charge in [-0.15, -0.1) is 0 Å². The molecule has 3 aliphatic rings. The molecule has 2 amide bonds. The first-order chi connectivity index (χ1) is 16.1. The summed E-state index contributed by atoms with van der Waals surface area (Å²) in [7, 11) is 3.49. The van der Waals surface area contributed by atoms with E-state index in [4.69, 9.17) is 9.47 Å². The van der Waals surface area contributed by atoms with Crippen LogP contribution in [0.2, 0.25) is 0 Å². The standard InChI is InChI=1S/C27H35N3O3/c1-18(19-8-5-4-6-9-19)28-27(31)30-14-7-10-20-17-29-15-13-21-24(32-2)11-12-25(33-3)26(21)23(29)16-22(20)30/h4-6,8-9,11-12,18,20,22-23H,7,10,13-17H2,1-3H3,(H,28,31)/t18-,20-,22+,23+/m1/s1. The quantitative estimate of drug-likeness (QED) is 0.744. The molecule has 176 valence electrons. The third kappa shape index (κ3) is 4.05. The van der Waals surface area contributed by atoms with Gasteiger partial charge in [-0.25, -0.2) is 4.79 Å². The van der Waals surface area contributed by atoms with Gasteiger partial charge < -0.3 is 19.7 Å². The molecule has 0 aliphatic carbocycles. The second-order valence-corrected chi connectivity index (χ2v) is 9.60. The molecule has 6 heteroatoms. The van der Waals surface area contributed by atoms with Gasteiger partial charge >= 0.3 is 6.03 Å². The third-order valence-electron chi connectivity index (χ3n) is 7.89. The molecule has 0 spiro atoms. The minimum absolute atomic E-state index is 0.0149. The highest BCUT2D eigenvalue weighted by Gasteiger charge is 2.45. The van der Waals surface area contributed by atoms with Crippen molar-refractivity contribution in [3.8, 4) is 11.5 Å². The molecule has 0 bridgehead atoms. The molecular formula is C27H35N3O3. The monoisotopic (exact) mass is 449 g/mol. The van der Waals surface area contributed by atoms with E-state index in [1.54, 1.807) is 14.2 Å². The van der Waals surface area contributed by atoms with Crippen LogP contribution in [0.15, 0.2) is 42.5 Å². The number of rotatable bonds is 4. The average Bonchev–Trinajstić information content (AvgIpc) is 2.86. The van der Waals surface area contributed by atoms with Crippen LogP contribution in [0.25, 0.3) is 0 Å². The Morgan fingerprint density at radius 1 is 1.06 bits per heavy atom. The van der Waals surface area contributed by atoms with Gasteiger partial charge in [0.05, 0.1) is 20.3 Å². The number of piperidine rings is 2. The number of carbonyl (C=O) groups is 1. The van der Waals surface area contributed by atoms with Crippen LogP contribution in [0.3, 0.4) is 0 Å². The van der Waals surface area contributed by atoms with E-state index >= 15 is 0 Å². The van der Waals surface area contributed by atoms with Crippen molar-refractivity contribution in [3.63, 3.8) is 0 Å². The summed E-state index contributed by atoms with van der Waals surface area (Å²) in [5.41, 5.74) is 3.65. The van der Waals surface area contributed by atoms with E-state index < -0.39 is 0 Å². The zero-order chi connectivity index (χ0) is 22.9. The van der Waals surface area contributed by atoms with Crippen LogP contribution < -0.4 is 14.8 Å². The Balaban J connectivity index is 1.40. The van der Waals surface area contributed by atoms with E-state index in [0.717, 1.165) is 56.0 Å². The fraction of sp³-hybridized carbons (Fsp3) is 0.519. The first-order valence-corrected chi connectivity index (χ1v) is 12.2. The van der Waals surface area contributed by atoms with Gasteiger partial charge in [0.15, 0.2) is 0 Å². The topological polar surface area (TPSA) is 54.0 Å². The average molecular weight is 450 g/mol. The summed E-state index contributed by atoms with van der Waals surface area (Å²) in [6, 6.07) is 14.8. The van der Waals surface area contributed by atoms with E-state index in [1.165, 1.54) is 17.5 Å². The Labute approximate surface area is 196 Å². The number of likely N-dealkylation sites (tertiary alicyclic amines) is 1. The molecule has 6 nitrogen and oxygen atoms in total. The first kappa shape index (κ1) is 22.1. The lowest BCUT2D eigenvalue weighted by molar-refractivity contribution is 0.00433. The lowest BCUT2D eigenvalue weighted by Gasteiger charge is -2.52. The summed E-state index contributed by atoms with van der Waals surface area (Å²) in [6.07, 6.45) is 4.17. The highest BCUT2D eigenvalue weighted by Crippen LogP contribution is 2.48. The van der Waals surface area contributed by atoms with Crippen LogP contribution in [-0.4, -0.2) is 55.7 Å². The van der Waals surface area contributed by atoms with Crippen molar-refractivity contribution in [1.82, 2.24) is 15.1 Å². The van der Waals surface area contributed by atoms with E-state index in [0.29, 0.717) is 5.92 Å². The van der Waals surface area contributed by atoms with Gasteiger partial charge in [0.25, 0.3) is 0 Å². The molecule has 1 N–H and O–H groups in total. The maximum absolute atomic E-state index is 13.4. The van der Waals surface area contributed by atoms with Crippen molar-refractivity contribution in [2.45, 2.75) is 50.7 Å². The molecule has 2 saturated heterocycles. The third-order valence-corrected chi connectivity index (χ3v) is 7.89. The Kier molecular flexibility index (Phi) is 6.19. The predicted molar refractivity (Wildman–Crippen MR) is 129 cm³/mol. The molecule has 0 saturated carbocycles. The number of benzene rings is 2. The number of carbonyl (C=O) groups excluding carboxylic acids is 1. The zero-order valence-corrected chi connectivity index (χ0v) is 19.9. The largest absolute Gasteiger partial charge is 0.496 e. The van der Waals surface area contributed by atoms with Gasteiger partial charge in [-0.1, -0.05) is 30.3 Å². The number of nitrogens with zero attached hydrogens (tertiary/aromatic N) is 2. The van der Waals surface area contributed by atoms with Crippen LogP contribution in [0.4, 0.5) is 4.79 Å². The molecule has 33 heavy (non-hydrogen) atoms. The number of hydrogen-bond donors (Lipinski definition) is 1. The van der Waals surface area contributed by atoms with E-state index in [2.05, 4.69) is 34.2 Å². The minimum Gasteiger partial charge on any atom is -0.496 e. The Hall–Kier alpha value is -2.73. The second kappa shape index (κ2) is 9.26. The van der Waals surface area contributed by atoms with Crippen molar-refractivity contribution in [2.75, 3.05) is 33.9 Å². The van der Waals surface area contributed by atoms with Gasteiger partial charge in [0.2, 0.25) is 0 Å². The summed E-state index contributed by atoms with van der Waals surface area (Å²) in [6.45, 7) is 4.95. The van der Waals surface area contributed by atoms with Crippen LogP contribution in [0, 0.1) is 5.92 Å². The van der Waals surface area contributed by atoms with Crippen LogP contribution in [0.1, 0.15) is 55.0 Å². The number of fused-ring (bicyclic) bond motifs is 4. The van der Waals surface area contributed by atoms with E-state index in [-0.39, 0.29) is 24.2 Å². The Bertz CT molecular complexity index is 996. The summed E-state index contributed by atoms with van der Waals surface area (Å²) in [4.78, 5) is 18.1. The van der Waals surface area contributed by atoms with E-state index in [1.807, 2.05) is 30.3 Å². The number of urea groups is 1. The number of ether oxygens (including phenoxy) is 2. The number of hydrogen-bond acceptors (Lipinski definition) is 4. The molecule has 2 aromatic carbocycles. The zero-order valence-electron chi connectivity index (χ0n) is 19.9. The molecule has 3 heterocycles. The fourth-order valence-corrected chi connectivity index (χ4v) is 6.24. The summed E-state index contributed by atoms with van der Waals surface area (Å²) >= 11 is 0. The minimum atomic E-state index is -0.0149. The highest BCUT2D eigenvalue weighted by molar-refractivity contribution is 5.75. The fourth-order valence-electron chi connectivity index (χ4n) is 6.24. The van der Waals surface area contributed by atoms with Crippen molar-refractivity contribution in [3.05, 3.63) is 59.2 Å². The Morgan fingerprint density at radius 3 is 2.58 bits per heavy atom. The van der Waals surface area contributed by atoms with Gasteiger partial charge in [0, 0.05) is 42.8 Å². The maximum Gasteiger partial charge on any atom is 0.318 e. The number of methoxy groups -OCH3 is 2. The lowest BCUT2D eigenvalue weighted by Crippen LogP contribution is -2.59. The molecule has 0 radical (unpaired) electrons. The molecule has 5 rings (SSSR count). The van der Waals surface area contributed by atoms with Gasteiger partial charge in [-0.3, -0.25) is 4.90 Å². The van der Waals surface area contributed by atoms with Crippen molar-refractivity contribution < 1.29 is 14.3 Å². The van der Waals surface area contributed by atoms with E-state index in [9.17, 15) is 4.79 Å². The predicted octanol–water partition coefficient (Wildman–Crippen LogP) is 4.56. The van der Waals surface area contributed by atoms with Crippen LogP contribution in [0.5, 0.6) is 11.5 Å². The highest BCUT2D eigenvalue weighted by atomic mass is 16.5. The first-order valence-electron chi connectivity index (χ1n) is 12.2. The van der Waals surface area contributed by atoms with Crippen molar-refractivity contribution in [2.24, 2.45) is 5.92 Å². The lowest BCUT2D eigenvalue weighted by atomic mass is 9.76. The van der Waals surface area contributed by atoms with Crippen LogP contribution in [-0.2, 0) is 6.42 Å². The summed E-state index contributed by atoms with van der Waals surface area (Å²) in [5.74, 6) is 2.40. The molecular weight excluding hydrogens is 414 g/mol. The van der Waals surface area contributed by atoms with Gasteiger partial charge in [-0.2, -0.15) is 0 Å². The Morgan fingerprint density at radius 2 is 1.82 bits per heavy atom. The maximum atomic E-state index is 13.4. The van der Waals surface area contributed by atoms with Gasteiger partial charge in [-0.05, 0) is 56.2 Å². The second-order valence-electron chi connectivity index (χ2n) is 9.60.